The normalized spacial score (nSPS) is 10.8. The van der Waals surface area contributed by atoms with E-state index in [4.69, 9.17) is 9.47 Å². The first-order valence-electron chi connectivity index (χ1n) is 11.0. The van der Waals surface area contributed by atoms with Crippen LogP contribution in [0.3, 0.4) is 0 Å². The van der Waals surface area contributed by atoms with Crippen molar-refractivity contribution in [3.63, 3.8) is 0 Å². The quantitative estimate of drug-likeness (QED) is 0.359. The summed E-state index contributed by atoms with van der Waals surface area (Å²) in [6, 6.07) is 22.0. The molecule has 0 aliphatic carbocycles. The first-order chi connectivity index (χ1) is 16.0. The van der Waals surface area contributed by atoms with Crippen molar-refractivity contribution < 1.29 is 14.3 Å². The Kier molecular flexibility index (Phi) is 6.89. The lowest BCUT2D eigenvalue weighted by Crippen LogP contribution is -2.15. The number of aryl methyl sites for hydroxylation is 3. The molecule has 1 heterocycles. The van der Waals surface area contributed by atoms with Crippen molar-refractivity contribution in [1.82, 2.24) is 9.97 Å². The minimum absolute atomic E-state index is 0.0115. The zero-order valence-electron chi connectivity index (χ0n) is 19.2. The number of H-pyrrole nitrogens is 1. The van der Waals surface area contributed by atoms with E-state index >= 15 is 0 Å². The molecule has 0 saturated heterocycles. The predicted octanol–water partition coefficient (Wildman–Crippen LogP) is 5.77. The van der Waals surface area contributed by atoms with Gasteiger partial charge in [-0.2, -0.15) is 0 Å². The van der Waals surface area contributed by atoms with Crippen LogP contribution < -0.4 is 9.47 Å². The largest absolute Gasteiger partial charge is 0.488 e. The molecule has 4 rings (SSSR count). The maximum atomic E-state index is 12.5. The van der Waals surface area contributed by atoms with E-state index in [1.807, 2.05) is 75.4 Å². The van der Waals surface area contributed by atoms with Gasteiger partial charge in [-0.15, -0.1) is 0 Å². The maximum Gasteiger partial charge on any atom is 0.177 e. The molecule has 3 aromatic carbocycles. The van der Waals surface area contributed by atoms with Gasteiger partial charge in [-0.3, -0.25) is 4.79 Å². The van der Waals surface area contributed by atoms with Gasteiger partial charge in [0.1, 0.15) is 30.5 Å². The van der Waals surface area contributed by atoms with E-state index in [1.165, 1.54) is 5.56 Å². The highest BCUT2D eigenvalue weighted by molar-refractivity contribution is 5.82. The molecule has 0 radical (unpaired) electrons. The molecule has 0 aliphatic rings. The summed E-state index contributed by atoms with van der Waals surface area (Å²) in [5.74, 6) is 2.10. The van der Waals surface area contributed by atoms with Gasteiger partial charge in [0.15, 0.2) is 5.78 Å². The highest BCUT2D eigenvalue weighted by Crippen LogP contribution is 2.29. The molecule has 5 nitrogen and oxygen atoms in total. The number of para-hydroxylation sites is 1. The molecule has 0 aliphatic heterocycles. The van der Waals surface area contributed by atoms with Crippen LogP contribution >= 0.6 is 0 Å². The second kappa shape index (κ2) is 10.2. The smallest absolute Gasteiger partial charge is 0.177 e. The lowest BCUT2D eigenvalue weighted by molar-refractivity contribution is -0.120. The minimum Gasteiger partial charge on any atom is -0.488 e. The third kappa shape index (κ3) is 5.69. The Hall–Kier alpha value is -3.86. The van der Waals surface area contributed by atoms with E-state index in [9.17, 15) is 4.79 Å². The molecule has 4 aromatic rings. The number of benzene rings is 3. The number of ketones is 1. The van der Waals surface area contributed by atoms with Gasteiger partial charge >= 0.3 is 0 Å². The van der Waals surface area contributed by atoms with E-state index in [0.717, 1.165) is 39.4 Å². The van der Waals surface area contributed by atoms with Crippen LogP contribution in [0.25, 0.3) is 11.3 Å². The lowest BCUT2D eigenvalue weighted by Gasteiger charge is -2.12. The van der Waals surface area contributed by atoms with Crippen LogP contribution in [0.15, 0.2) is 72.9 Å². The Morgan fingerprint density at radius 2 is 1.61 bits per heavy atom. The number of carbonyl (C=O) groups excluding carboxylic acids is 1. The van der Waals surface area contributed by atoms with Gasteiger partial charge in [-0.1, -0.05) is 60.2 Å². The van der Waals surface area contributed by atoms with Crippen LogP contribution in [0.4, 0.5) is 0 Å². The summed E-state index contributed by atoms with van der Waals surface area (Å²) >= 11 is 0. The molecule has 5 heteroatoms. The van der Waals surface area contributed by atoms with Crippen molar-refractivity contribution in [2.75, 3.05) is 6.61 Å². The number of hydrogen-bond donors (Lipinski definition) is 1. The first kappa shape index (κ1) is 22.3. The lowest BCUT2D eigenvalue weighted by atomic mass is 10.1. The summed E-state index contributed by atoms with van der Waals surface area (Å²) in [5, 5.41) is 0. The van der Waals surface area contributed by atoms with Crippen LogP contribution in [0.2, 0.25) is 0 Å². The Morgan fingerprint density at radius 3 is 2.36 bits per heavy atom. The highest BCUT2D eigenvalue weighted by Gasteiger charge is 2.13. The number of rotatable bonds is 9. The van der Waals surface area contributed by atoms with Crippen LogP contribution in [0, 0.1) is 20.8 Å². The topological polar surface area (TPSA) is 64.2 Å². The molecule has 33 heavy (non-hydrogen) atoms. The summed E-state index contributed by atoms with van der Waals surface area (Å²) in [7, 11) is 0. The summed E-state index contributed by atoms with van der Waals surface area (Å²) in [4.78, 5) is 20.2. The molecule has 0 saturated carbocycles. The fraction of sp³-hybridized carbons (Fsp3) is 0.214. The number of Topliss-reactive ketones (excluding diaryl/α,β-unsaturated/α-hetero) is 1. The molecule has 0 amide bonds. The Bertz CT molecular complexity index is 1220. The van der Waals surface area contributed by atoms with Crippen molar-refractivity contribution in [3.8, 4) is 22.8 Å². The molecule has 0 spiro atoms. The van der Waals surface area contributed by atoms with Crippen LogP contribution in [-0.4, -0.2) is 22.4 Å². The molecule has 1 aromatic heterocycles. The molecule has 0 atom stereocenters. The fourth-order valence-corrected chi connectivity index (χ4v) is 3.92. The molecule has 0 unspecified atom stereocenters. The summed E-state index contributed by atoms with van der Waals surface area (Å²) in [5.41, 5.74) is 6.07. The van der Waals surface area contributed by atoms with Crippen molar-refractivity contribution in [3.05, 3.63) is 101 Å². The van der Waals surface area contributed by atoms with Crippen molar-refractivity contribution in [2.45, 2.75) is 33.8 Å². The predicted molar refractivity (Wildman–Crippen MR) is 130 cm³/mol. The monoisotopic (exact) mass is 440 g/mol. The fourth-order valence-electron chi connectivity index (χ4n) is 3.92. The second-order valence-electron chi connectivity index (χ2n) is 8.25. The van der Waals surface area contributed by atoms with Crippen molar-refractivity contribution >= 4 is 5.78 Å². The molecule has 0 fully saturated rings. The Morgan fingerprint density at radius 1 is 0.909 bits per heavy atom. The Labute approximate surface area is 194 Å². The van der Waals surface area contributed by atoms with Gasteiger partial charge in [0.25, 0.3) is 0 Å². The van der Waals surface area contributed by atoms with E-state index in [2.05, 4.69) is 22.1 Å². The molecule has 0 bridgehead atoms. The standard InChI is InChI=1S/C28H28N2O3/c1-19-13-20(2)28(21(3)14-19)33-18-23(31)15-27-29-16-25(30-27)24-11-7-8-12-26(24)32-17-22-9-5-4-6-10-22/h4-14,16H,15,17-18H2,1-3H3,(H,29,30). The number of aromatic amines is 1. The highest BCUT2D eigenvalue weighted by atomic mass is 16.5. The van der Waals surface area contributed by atoms with Gasteiger partial charge in [-0.25, -0.2) is 4.98 Å². The number of hydrogen-bond acceptors (Lipinski definition) is 4. The Balaban J connectivity index is 1.40. The van der Waals surface area contributed by atoms with Crippen molar-refractivity contribution in [1.29, 1.82) is 0 Å². The maximum absolute atomic E-state index is 12.5. The van der Waals surface area contributed by atoms with Gasteiger partial charge in [-0.05, 0) is 49.6 Å². The van der Waals surface area contributed by atoms with E-state index < -0.39 is 0 Å². The van der Waals surface area contributed by atoms with Gasteiger partial charge in [0.05, 0.1) is 18.3 Å². The number of nitrogens with one attached hydrogen (secondary N) is 1. The second-order valence-corrected chi connectivity index (χ2v) is 8.25. The zero-order valence-corrected chi connectivity index (χ0v) is 19.2. The number of aromatic nitrogens is 2. The minimum atomic E-state index is -0.0381. The van der Waals surface area contributed by atoms with Crippen molar-refractivity contribution in [2.24, 2.45) is 0 Å². The van der Waals surface area contributed by atoms with E-state index in [-0.39, 0.29) is 18.8 Å². The molecule has 168 valence electrons. The van der Waals surface area contributed by atoms with Crippen LogP contribution in [0.1, 0.15) is 28.1 Å². The average Bonchev–Trinajstić information content (AvgIpc) is 3.26. The molecule has 1 N–H and O–H groups in total. The van der Waals surface area contributed by atoms with Gasteiger partial charge in [0.2, 0.25) is 0 Å². The summed E-state index contributed by atoms with van der Waals surface area (Å²) in [6.07, 6.45) is 1.92. The van der Waals surface area contributed by atoms with Gasteiger partial charge < -0.3 is 14.5 Å². The zero-order chi connectivity index (χ0) is 23.2. The third-order valence-corrected chi connectivity index (χ3v) is 5.39. The van der Waals surface area contributed by atoms with Crippen LogP contribution in [-0.2, 0) is 17.8 Å². The third-order valence-electron chi connectivity index (χ3n) is 5.39. The summed E-state index contributed by atoms with van der Waals surface area (Å²) < 4.78 is 11.9. The first-order valence-corrected chi connectivity index (χ1v) is 11.0. The van der Waals surface area contributed by atoms with Gasteiger partial charge in [0, 0.05) is 5.56 Å². The number of ether oxygens (including phenoxy) is 2. The number of imidazole rings is 1. The van der Waals surface area contributed by atoms with Crippen LogP contribution in [0.5, 0.6) is 11.5 Å². The summed E-state index contributed by atoms with van der Waals surface area (Å²) in [6.45, 7) is 6.53. The molecular formula is C28H28N2O3. The van der Waals surface area contributed by atoms with E-state index in [1.54, 1.807) is 6.20 Å². The van der Waals surface area contributed by atoms with E-state index in [0.29, 0.717) is 12.4 Å². The molecular weight excluding hydrogens is 412 g/mol. The number of carbonyl (C=O) groups is 1. The SMILES string of the molecule is Cc1cc(C)c(OCC(=O)Cc2ncc(-c3ccccc3OCc3ccccc3)[nH]2)c(C)c1. The number of nitrogens with zero attached hydrogens (tertiary/aromatic N) is 1. The average molecular weight is 441 g/mol.